The molecule has 1 amide bonds. The summed E-state index contributed by atoms with van der Waals surface area (Å²) in [4.78, 5) is 19.5. The van der Waals surface area contributed by atoms with Gasteiger partial charge in [0.1, 0.15) is 0 Å². The Labute approximate surface area is 96.8 Å². The summed E-state index contributed by atoms with van der Waals surface area (Å²) >= 11 is 2.86. The minimum absolute atomic E-state index is 0.372. The molecule has 0 aliphatic heterocycles. The average Bonchev–Trinajstić information content (AvgIpc) is 2.18. The van der Waals surface area contributed by atoms with Crippen molar-refractivity contribution in [3.63, 3.8) is 0 Å². The molecule has 0 aliphatic rings. The second-order valence-corrected chi connectivity index (χ2v) is 3.34. The van der Waals surface area contributed by atoms with E-state index in [-0.39, 0.29) is 5.91 Å². The zero-order valence-electron chi connectivity index (χ0n) is 8.41. The molecule has 0 aromatic carbocycles. The molecule has 1 heterocycles. The lowest BCUT2D eigenvalue weighted by molar-refractivity contribution is -0.111. The van der Waals surface area contributed by atoms with E-state index < -0.39 is 0 Å². The maximum absolute atomic E-state index is 11.2. The van der Waals surface area contributed by atoms with Gasteiger partial charge in [0.25, 0.3) is 0 Å². The summed E-state index contributed by atoms with van der Waals surface area (Å²) in [6.45, 7) is 0. The van der Waals surface area contributed by atoms with Crippen LogP contribution in [0.2, 0.25) is 0 Å². The number of aromatic nitrogens is 1. The number of amides is 1. The number of nitrogens with zero attached hydrogens (tertiary/aromatic N) is 2. The van der Waals surface area contributed by atoms with E-state index in [0.717, 1.165) is 0 Å². The van der Waals surface area contributed by atoms with Crippen molar-refractivity contribution in [1.82, 2.24) is 4.98 Å². The number of carbonyl (C=O) groups excluding carboxylic acids is 1. The molecule has 0 aliphatic carbocycles. The third-order valence-electron chi connectivity index (χ3n) is 1.62. The quantitative estimate of drug-likeness (QED) is 0.825. The third kappa shape index (κ3) is 3.26. The second kappa shape index (κ2) is 5.37. The van der Waals surface area contributed by atoms with Crippen molar-refractivity contribution in [2.75, 3.05) is 24.3 Å². The monoisotopic (exact) mass is 267 g/mol. The molecular formula is C10H10BrN3O. The van der Waals surface area contributed by atoms with Crippen molar-refractivity contribution in [3.8, 4) is 10.8 Å². The number of halogens is 1. The second-order valence-electron chi connectivity index (χ2n) is 2.94. The van der Waals surface area contributed by atoms with E-state index in [0.29, 0.717) is 11.5 Å². The summed E-state index contributed by atoms with van der Waals surface area (Å²) in [5.74, 6) is 2.65. The Bertz CT molecular complexity index is 420. The minimum Gasteiger partial charge on any atom is -0.361 e. The molecule has 0 unspecified atom stereocenters. The smallest absolute Gasteiger partial charge is 0.301 e. The van der Waals surface area contributed by atoms with E-state index in [9.17, 15) is 4.79 Å². The Morgan fingerprint density at radius 3 is 2.93 bits per heavy atom. The molecular weight excluding hydrogens is 258 g/mol. The maximum Gasteiger partial charge on any atom is 0.301 e. The van der Waals surface area contributed by atoms with Crippen LogP contribution in [-0.4, -0.2) is 25.0 Å². The van der Waals surface area contributed by atoms with Crippen LogP contribution in [0.3, 0.4) is 0 Å². The molecule has 0 radical (unpaired) electrons. The fourth-order valence-corrected chi connectivity index (χ4v) is 1.23. The third-order valence-corrected chi connectivity index (χ3v) is 1.82. The average molecular weight is 268 g/mol. The summed E-state index contributed by atoms with van der Waals surface area (Å²) in [7, 11) is 3.71. The highest BCUT2D eigenvalue weighted by Crippen LogP contribution is 2.19. The molecule has 5 heteroatoms. The molecule has 0 fully saturated rings. The van der Waals surface area contributed by atoms with Crippen molar-refractivity contribution < 1.29 is 4.79 Å². The Morgan fingerprint density at radius 1 is 1.60 bits per heavy atom. The van der Waals surface area contributed by atoms with Crippen molar-refractivity contribution >= 4 is 33.3 Å². The van der Waals surface area contributed by atoms with Crippen LogP contribution in [0.1, 0.15) is 0 Å². The first-order valence-electron chi connectivity index (χ1n) is 4.20. The van der Waals surface area contributed by atoms with E-state index in [1.807, 2.05) is 19.0 Å². The minimum atomic E-state index is -0.372. The molecule has 0 saturated carbocycles. The van der Waals surface area contributed by atoms with E-state index >= 15 is 0 Å². The molecule has 0 saturated heterocycles. The number of carbonyl (C=O) groups is 1. The molecule has 4 nitrogen and oxygen atoms in total. The van der Waals surface area contributed by atoms with Crippen LogP contribution in [0.5, 0.6) is 0 Å². The van der Waals surface area contributed by atoms with E-state index in [1.54, 1.807) is 18.3 Å². The first-order valence-corrected chi connectivity index (χ1v) is 4.99. The molecule has 0 bridgehead atoms. The number of anilines is 2. The zero-order valence-corrected chi connectivity index (χ0v) is 10.00. The van der Waals surface area contributed by atoms with Crippen LogP contribution >= 0.6 is 15.9 Å². The van der Waals surface area contributed by atoms with Crippen LogP contribution in [0, 0.1) is 10.8 Å². The lowest BCUT2D eigenvalue weighted by atomic mass is 10.3. The molecule has 1 rings (SSSR count). The van der Waals surface area contributed by atoms with Gasteiger partial charge in [0.05, 0.1) is 5.69 Å². The van der Waals surface area contributed by atoms with E-state index in [4.69, 9.17) is 0 Å². The maximum atomic E-state index is 11.2. The topological polar surface area (TPSA) is 45.2 Å². The summed E-state index contributed by atoms with van der Waals surface area (Å²) in [5, 5.41) is 2.65. The van der Waals surface area contributed by atoms with Gasteiger partial charge in [0.2, 0.25) is 0 Å². The van der Waals surface area contributed by atoms with Crippen molar-refractivity contribution in [2.24, 2.45) is 0 Å². The number of hydrogen-bond donors (Lipinski definition) is 1. The summed E-state index contributed by atoms with van der Waals surface area (Å²) in [5.41, 5.74) is 0.641. The van der Waals surface area contributed by atoms with Gasteiger partial charge in [-0.2, -0.15) is 0 Å². The fourth-order valence-electron chi connectivity index (χ4n) is 1.05. The summed E-state index contributed by atoms with van der Waals surface area (Å²) < 4.78 is 0. The first kappa shape index (κ1) is 11.5. The Hall–Kier alpha value is -1.54. The van der Waals surface area contributed by atoms with Gasteiger partial charge in [0, 0.05) is 42.1 Å². The van der Waals surface area contributed by atoms with Gasteiger partial charge >= 0.3 is 5.91 Å². The highest BCUT2D eigenvalue weighted by molar-refractivity contribution is 9.12. The van der Waals surface area contributed by atoms with Gasteiger partial charge in [-0.05, 0) is 17.0 Å². The van der Waals surface area contributed by atoms with Crippen LogP contribution in [0.15, 0.2) is 18.3 Å². The molecule has 0 spiro atoms. The van der Waals surface area contributed by atoms with Crippen molar-refractivity contribution in [2.45, 2.75) is 0 Å². The van der Waals surface area contributed by atoms with Crippen molar-refractivity contribution in [1.29, 1.82) is 0 Å². The van der Waals surface area contributed by atoms with Gasteiger partial charge in [-0.25, -0.2) is 4.98 Å². The van der Waals surface area contributed by atoms with Gasteiger partial charge in [0.15, 0.2) is 5.82 Å². The summed E-state index contributed by atoms with van der Waals surface area (Å²) in [6.07, 6.45) is 1.67. The van der Waals surface area contributed by atoms with Gasteiger partial charge in [-0.1, -0.05) is 0 Å². The lowest BCUT2D eigenvalue weighted by Crippen LogP contribution is -2.16. The van der Waals surface area contributed by atoms with Crippen LogP contribution in [0.4, 0.5) is 11.5 Å². The SMILES string of the molecule is CN(C)c1ncccc1NC(=O)C#CBr. The van der Waals surface area contributed by atoms with Gasteiger partial charge < -0.3 is 10.2 Å². The normalized spacial score (nSPS) is 8.73. The molecule has 0 atom stereocenters. The van der Waals surface area contributed by atoms with Gasteiger partial charge in [-0.15, -0.1) is 0 Å². The molecule has 15 heavy (non-hydrogen) atoms. The van der Waals surface area contributed by atoms with E-state index in [1.165, 1.54) is 0 Å². The molecule has 1 N–H and O–H groups in total. The van der Waals surface area contributed by atoms with Crippen LogP contribution < -0.4 is 10.2 Å². The largest absolute Gasteiger partial charge is 0.361 e. The predicted molar refractivity (Wildman–Crippen MR) is 63.9 cm³/mol. The molecule has 1 aromatic rings. The van der Waals surface area contributed by atoms with Gasteiger partial charge in [-0.3, -0.25) is 4.79 Å². The number of rotatable bonds is 2. The molecule has 1 aromatic heterocycles. The number of nitrogens with one attached hydrogen (secondary N) is 1. The Balaban J connectivity index is 2.92. The number of pyridine rings is 1. The standard InChI is InChI=1S/C10H10BrN3O/c1-14(2)10-8(4-3-7-12-10)13-9(15)5-6-11/h3-4,7H,1-2H3,(H,13,15). The first-order chi connectivity index (χ1) is 7.15. The van der Waals surface area contributed by atoms with Crippen LogP contribution in [-0.2, 0) is 4.79 Å². The number of hydrogen-bond acceptors (Lipinski definition) is 3. The Morgan fingerprint density at radius 2 is 2.33 bits per heavy atom. The van der Waals surface area contributed by atoms with Crippen molar-refractivity contribution in [3.05, 3.63) is 18.3 Å². The zero-order chi connectivity index (χ0) is 11.3. The highest BCUT2D eigenvalue weighted by atomic mass is 79.9. The summed E-state index contributed by atoms with van der Waals surface area (Å²) in [6, 6.07) is 3.53. The molecule has 78 valence electrons. The predicted octanol–water partition coefficient (Wildman–Crippen LogP) is 1.44. The van der Waals surface area contributed by atoms with E-state index in [2.05, 4.69) is 37.0 Å². The highest BCUT2D eigenvalue weighted by Gasteiger charge is 2.06. The van der Waals surface area contributed by atoms with Crippen LogP contribution in [0.25, 0.3) is 0 Å². The lowest BCUT2D eigenvalue weighted by Gasteiger charge is -2.15. The fraction of sp³-hybridized carbons (Fsp3) is 0.200. The Kier molecular flexibility index (Phi) is 4.13.